The highest BCUT2D eigenvalue weighted by atomic mass is 19.1. The standard InChI is InChI=1S/C16H18FNO2/c1-10-8-12(4-7-15(10)17)18-11(2)14-6-5-13(20-3)9-16(14)19/h4-9,11,18-19H,1-3H3. The summed E-state index contributed by atoms with van der Waals surface area (Å²) in [6, 6.07) is 9.92. The molecule has 0 aliphatic rings. The minimum atomic E-state index is -0.226. The summed E-state index contributed by atoms with van der Waals surface area (Å²) in [6.45, 7) is 3.65. The second kappa shape index (κ2) is 5.82. The van der Waals surface area contributed by atoms with E-state index in [1.807, 2.05) is 13.0 Å². The largest absolute Gasteiger partial charge is 0.507 e. The number of ether oxygens (including phenoxy) is 1. The van der Waals surface area contributed by atoms with Crippen LogP contribution in [0.25, 0.3) is 0 Å². The minimum absolute atomic E-state index is 0.106. The Morgan fingerprint density at radius 1 is 1.20 bits per heavy atom. The van der Waals surface area contributed by atoms with Gasteiger partial charge in [-0.1, -0.05) is 0 Å². The van der Waals surface area contributed by atoms with Gasteiger partial charge in [0.2, 0.25) is 0 Å². The molecule has 0 aliphatic carbocycles. The van der Waals surface area contributed by atoms with Crippen molar-refractivity contribution in [1.29, 1.82) is 0 Å². The second-order valence-electron chi connectivity index (χ2n) is 4.75. The molecule has 1 unspecified atom stereocenters. The van der Waals surface area contributed by atoms with Crippen LogP contribution in [0.2, 0.25) is 0 Å². The van der Waals surface area contributed by atoms with Gasteiger partial charge < -0.3 is 15.2 Å². The fraction of sp³-hybridized carbons (Fsp3) is 0.250. The highest BCUT2D eigenvalue weighted by Crippen LogP contribution is 2.30. The van der Waals surface area contributed by atoms with Gasteiger partial charge in [0.05, 0.1) is 13.2 Å². The van der Waals surface area contributed by atoms with E-state index in [0.717, 1.165) is 11.3 Å². The molecule has 0 fully saturated rings. The molecule has 0 saturated carbocycles. The summed E-state index contributed by atoms with van der Waals surface area (Å²) in [5, 5.41) is 13.2. The van der Waals surface area contributed by atoms with Gasteiger partial charge in [-0.2, -0.15) is 0 Å². The molecule has 2 aromatic rings. The molecule has 4 heteroatoms. The van der Waals surface area contributed by atoms with Crippen molar-refractivity contribution >= 4 is 5.69 Å². The summed E-state index contributed by atoms with van der Waals surface area (Å²) in [5.74, 6) is 0.551. The van der Waals surface area contributed by atoms with Crippen molar-refractivity contribution in [3.63, 3.8) is 0 Å². The predicted octanol–water partition coefficient (Wildman–Crippen LogP) is 4.02. The molecule has 20 heavy (non-hydrogen) atoms. The van der Waals surface area contributed by atoms with E-state index in [2.05, 4.69) is 5.32 Å². The van der Waals surface area contributed by atoms with Crippen molar-refractivity contribution in [1.82, 2.24) is 0 Å². The molecule has 0 bridgehead atoms. The van der Waals surface area contributed by atoms with Crippen LogP contribution in [-0.4, -0.2) is 12.2 Å². The first-order valence-corrected chi connectivity index (χ1v) is 6.41. The molecular weight excluding hydrogens is 257 g/mol. The van der Waals surface area contributed by atoms with Gasteiger partial charge in [-0.3, -0.25) is 0 Å². The zero-order chi connectivity index (χ0) is 14.7. The average molecular weight is 275 g/mol. The number of rotatable bonds is 4. The lowest BCUT2D eigenvalue weighted by atomic mass is 10.1. The molecule has 2 aromatic carbocycles. The smallest absolute Gasteiger partial charge is 0.126 e. The normalized spacial score (nSPS) is 12.0. The van der Waals surface area contributed by atoms with E-state index in [0.29, 0.717) is 11.3 Å². The molecule has 106 valence electrons. The lowest BCUT2D eigenvalue weighted by Gasteiger charge is -2.18. The predicted molar refractivity (Wildman–Crippen MR) is 77.8 cm³/mol. The number of phenolic OH excluding ortho intramolecular Hbond substituents is 1. The quantitative estimate of drug-likeness (QED) is 0.885. The molecule has 0 heterocycles. The van der Waals surface area contributed by atoms with E-state index in [1.54, 1.807) is 38.3 Å². The first-order chi connectivity index (χ1) is 9.51. The summed E-state index contributed by atoms with van der Waals surface area (Å²) >= 11 is 0. The summed E-state index contributed by atoms with van der Waals surface area (Å²) in [4.78, 5) is 0. The number of aromatic hydroxyl groups is 1. The van der Waals surface area contributed by atoms with Gasteiger partial charge in [0.1, 0.15) is 17.3 Å². The Hall–Kier alpha value is -2.23. The van der Waals surface area contributed by atoms with Gasteiger partial charge in [0.25, 0.3) is 0 Å². The lowest BCUT2D eigenvalue weighted by molar-refractivity contribution is 0.406. The van der Waals surface area contributed by atoms with Crippen LogP contribution in [0.5, 0.6) is 11.5 Å². The van der Waals surface area contributed by atoms with Crippen LogP contribution < -0.4 is 10.1 Å². The van der Waals surface area contributed by atoms with E-state index in [9.17, 15) is 9.50 Å². The molecular formula is C16H18FNO2. The summed E-state index contributed by atoms with van der Waals surface area (Å²) in [6.07, 6.45) is 0. The number of hydrogen-bond donors (Lipinski definition) is 2. The van der Waals surface area contributed by atoms with Crippen molar-refractivity contribution in [3.05, 3.63) is 53.3 Å². The number of benzene rings is 2. The monoisotopic (exact) mass is 275 g/mol. The maximum absolute atomic E-state index is 13.2. The Bertz CT molecular complexity index is 613. The number of anilines is 1. The van der Waals surface area contributed by atoms with E-state index in [4.69, 9.17) is 4.74 Å². The number of aryl methyl sites for hydroxylation is 1. The van der Waals surface area contributed by atoms with Gasteiger partial charge in [0, 0.05) is 17.3 Å². The molecule has 0 amide bonds. The highest BCUT2D eigenvalue weighted by Gasteiger charge is 2.11. The third-order valence-corrected chi connectivity index (χ3v) is 3.25. The summed E-state index contributed by atoms with van der Waals surface area (Å²) < 4.78 is 18.3. The Morgan fingerprint density at radius 2 is 1.95 bits per heavy atom. The number of nitrogens with one attached hydrogen (secondary N) is 1. The summed E-state index contributed by atoms with van der Waals surface area (Å²) in [5.41, 5.74) is 2.15. The zero-order valence-corrected chi connectivity index (χ0v) is 11.8. The van der Waals surface area contributed by atoms with Crippen molar-refractivity contribution in [2.75, 3.05) is 12.4 Å². The molecule has 1 atom stereocenters. The third-order valence-electron chi connectivity index (χ3n) is 3.25. The fourth-order valence-corrected chi connectivity index (χ4v) is 2.08. The van der Waals surface area contributed by atoms with E-state index >= 15 is 0 Å². The van der Waals surface area contributed by atoms with Crippen molar-refractivity contribution in [3.8, 4) is 11.5 Å². The second-order valence-corrected chi connectivity index (χ2v) is 4.75. The van der Waals surface area contributed by atoms with Gasteiger partial charge >= 0.3 is 0 Å². The van der Waals surface area contributed by atoms with E-state index in [-0.39, 0.29) is 17.6 Å². The van der Waals surface area contributed by atoms with Crippen LogP contribution in [0.3, 0.4) is 0 Å². The van der Waals surface area contributed by atoms with Gasteiger partial charge in [-0.05, 0) is 49.7 Å². The molecule has 0 saturated heterocycles. The summed E-state index contributed by atoms with van der Waals surface area (Å²) in [7, 11) is 1.55. The van der Waals surface area contributed by atoms with E-state index < -0.39 is 0 Å². The first kappa shape index (κ1) is 14.2. The number of hydrogen-bond acceptors (Lipinski definition) is 3. The van der Waals surface area contributed by atoms with Crippen LogP contribution in [0.15, 0.2) is 36.4 Å². The van der Waals surface area contributed by atoms with Crippen LogP contribution >= 0.6 is 0 Å². The van der Waals surface area contributed by atoms with Gasteiger partial charge in [-0.15, -0.1) is 0 Å². The van der Waals surface area contributed by atoms with Crippen LogP contribution in [-0.2, 0) is 0 Å². The topological polar surface area (TPSA) is 41.5 Å². The minimum Gasteiger partial charge on any atom is -0.507 e. The average Bonchev–Trinajstić information content (AvgIpc) is 2.42. The molecule has 0 radical (unpaired) electrons. The third kappa shape index (κ3) is 3.02. The Balaban J connectivity index is 2.19. The SMILES string of the molecule is COc1ccc(C(C)Nc2ccc(F)c(C)c2)c(O)c1. The molecule has 0 aromatic heterocycles. The van der Waals surface area contributed by atoms with Crippen LogP contribution in [0.4, 0.5) is 10.1 Å². The fourth-order valence-electron chi connectivity index (χ4n) is 2.08. The number of phenols is 1. The van der Waals surface area contributed by atoms with Crippen molar-refractivity contribution in [2.24, 2.45) is 0 Å². The zero-order valence-electron chi connectivity index (χ0n) is 11.8. The van der Waals surface area contributed by atoms with E-state index in [1.165, 1.54) is 6.07 Å². The maximum Gasteiger partial charge on any atom is 0.126 e. The first-order valence-electron chi connectivity index (χ1n) is 6.41. The molecule has 0 spiro atoms. The number of methoxy groups -OCH3 is 1. The number of halogens is 1. The van der Waals surface area contributed by atoms with Crippen molar-refractivity contribution < 1.29 is 14.2 Å². The Morgan fingerprint density at radius 3 is 2.55 bits per heavy atom. The molecule has 2 rings (SSSR count). The molecule has 3 nitrogen and oxygen atoms in total. The lowest BCUT2D eigenvalue weighted by Crippen LogP contribution is -2.07. The molecule has 0 aliphatic heterocycles. The van der Waals surface area contributed by atoms with Crippen molar-refractivity contribution in [2.45, 2.75) is 19.9 Å². The Kier molecular flexibility index (Phi) is 4.13. The van der Waals surface area contributed by atoms with Gasteiger partial charge in [-0.25, -0.2) is 4.39 Å². The van der Waals surface area contributed by atoms with Gasteiger partial charge in [0.15, 0.2) is 0 Å². The highest BCUT2D eigenvalue weighted by molar-refractivity contribution is 5.50. The molecule has 2 N–H and O–H groups in total. The van der Waals surface area contributed by atoms with Crippen LogP contribution in [0.1, 0.15) is 24.1 Å². The Labute approximate surface area is 118 Å². The van der Waals surface area contributed by atoms with Crippen LogP contribution in [0, 0.1) is 12.7 Å². The maximum atomic E-state index is 13.2.